The summed E-state index contributed by atoms with van der Waals surface area (Å²) in [6.07, 6.45) is 0. The van der Waals surface area contributed by atoms with Crippen molar-refractivity contribution in [2.45, 2.75) is 26.7 Å². The molecule has 2 rings (SSSR count). The minimum atomic E-state index is 0.237. The van der Waals surface area contributed by atoms with Crippen LogP contribution in [0.25, 0.3) is 11.1 Å². The number of hydrogen-bond acceptors (Lipinski definition) is 3. The summed E-state index contributed by atoms with van der Waals surface area (Å²) in [6, 6.07) is 7.59. The second kappa shape index (κ2) is 5.02. The first kappa shape index (κ1) is 13.0. The van der Waals surface area contributed by atoms with E-state index in [4.69, 9.17) is 21.9 Å². The molecule has 2 aromatic rings. The Morgan fingerprint density at radius 3 is 2.50 bits per heavy atom. The number of rotatable bonds is 3. The van der Waals surface area contributed by atoms with E-state index >= 15 is 0 Å². The van der Waals surface area contributed by atoms with E-state index in [-0.39, 0.29) is 5.92 Å². The minimum absolute atomic E-state index is 0.237. The van der Waals surface area contributed by atoms with E-state index in [0.29, 0.717) is 16.8 Å². The first-order valence-corrected chi connectivity index (χ1v) is 6.40. The SMILES string of the molecule is CC(C)C(C)c1onc(N)c1-c1ccccc1Cl. The van der Waals surface area contributed by atoms with Crippen molar-refractivity contribution in [2.24, 2.45) is 5.92 Å². The number of halogens is 1. The average molecular weight is 265 g/mol. The van der Waals surface area contributed by atoms with Crippen LogP contribution in [0.5, 0.6) is 0 Å². The van der Waals surface area contributed by atoms with Gasteiger partial charge in [0, 0.05) is 16.5 Å². The maximum Gasteiger partial charge on any atom is 0.175 e. The lowest BCUT2D eigenvalue weighted by molar-refractivity contribution is 0.341. The molecule has 0 bridgehead atoms. The van der Waals surface area contributed by atoms with Crippen LogP contribution in [0.2, 0.25) is 5.02 Å². The number of hydrogen-bond donors (Lipinski definition) is 1. The van der Waals surface area contributed by atoms with Gasteiger partial charge in [0.1, 0.15) is 5.76 Å². The van der Waals surface area contributed by atoms with Crippen molar-refractivity contribution in [2.75, 3.05) is 5.73 Å². The van der Waals surface area contributed by atoms with Gasteiger partial charge < -0.3 is 10.3 Å². The van der Waals surface area contributed by atoms with Crippen molar-refractivity contribution in [1.82, 2.24) is 5.16 Å². The average Bonchev–Trinajstić information content (AvgIpc) is 2.71. The van der Waals surface area contributed by atoms with Gasteiger partial charge in [-0.2, -0.15) is 0 Å². The zero-order valence-electron chi connectivity index (χ0n) is 10.8. The van der Waals surface area contributed by atoms with Crippen LogP contribution in [0.15, 0.2) is 28.8 Å². The van der Waals surface area contributed by atoms with Crippen molar-refractivity contribution in [3.05, 3.63) is 35.0 Å². The predicted molar refractivity (Wildman–Crippen MR) is 74.6 cm³/mol. The lowest BCUT2D eigenvalue weighted by atomic mass is 9.91. The summed E-state index contributed by atoms with van der Waals surface area (Å²) in [4.78, 5) is 0. The number of benzene rings is 1. The molecule has 0 fully saturated rings. The van der Waals surface area contributed by atoms with E-state index in [9.17, 15) is 0 Å². The monoisotopic (exact) mass is 264 g/mol. The molecule has 0 saturated carbocycles. The number of aromatic nitrogens is 1. The summed E-state index contributed by atoms with van der Waals surface area (Å²) in [7, 11) is 0. The molecule has 3 nitrogen and oxygen atoms in total. The topological polar surface area (TPSA) is 52.0 Å². The zero-order chi connectivity index (χ0) is 13.3. The van der Waals surface area contributed by atoms with Crippen LogP contribution in [-0.2, 0) is 0 Å². The molecular formula is C14H17ClN2O. The van der Waals surface area contributed by atoms with Gasteiger partial charge in [-0.15, -0.1) is 0 Å². The van der Waals surface area contributed by atoms with E-state index in [1.807, 2.05) is 24.3 Å². The van der Waals surface area contributed by atoms with Crippen LogP contribution in [-0.4, -0.2) is 5.16 Å². The Balaban J connectivity index is 2.58. The molecule has 0 radical (unpaired) electrons. The number of nitrogens with two attached hydrogens (primary N) is 1. The summed E-state index contributed by atoms with van der Waals surface area (Å²) in [5.74, 6) is 1.88. The first-order chi connectivity index (χ1) is 8.52. The molecule has 0 spiro atoms. The van der Waals surface area contributed by atoms with Gasteiger partial charge in [-0.1, -0.05) is 55.7 Å². The molecule has 1 aromatic carbocycles. The van der Waals surface area contributed by atoms with Crippen LogP contribution < -0.4 is 5.73 Å². The lowest BCUT2D eigenvalue weighted by Crippen LogP contribution is -2.02. The van der Waals surface area contributed by atoms with Crippen molar-refractivity contribution < 1.29 is 4.52 Å². The third-order valence-corrected chi connectivity index (χ3v) is 3.63. The smallest absolute Gasteiger partial charge is 0.175 e. The summed E-state index contributed by atoms with van der Waals surface area (Å²) in [5.41, 5.74) is 7.61. The van der Waals surface area contributed by atoms with Crippen molar-refractivity contribution in [3.63, 3.8) is 0 Å². The van der Waals surface area contributed by atoms with Gasteiger partial charge >= 0.3 is 0 Å². The zero-order valence-corrected chi connectivity index (χ0v) is 11.5. The maximum atomic E-state index is 6.22. The van der Waals surface area contributed by atoms with Gasteiger partial charge in [0.25, 0.3) is 0 Å². The Labute approximate surface area is 112 Å². The molecule has 2 N–H and O–H groups in total. The third-order valence-electron chi connectivity index (χ3n) is 3.30. The highest BCUT2D eigenvalue weighted by molar-refractivity contribution is 6.33. The quantitative estimate of drug-likeness (QED) is 0.897. The van der Waals surface area contributed by atoms with Crippen LogP contribution in [0.3, 0.4) is 0 Å². The molecule has 1 unspecified atom stereocenters. The molecule has 1 heterocycles. The molecular weight excluding hydrogens is 248 g/mol. The van der Waals surface area contributed by atoms with Crippen LogP contribution in [0, 0.1) is 5.92 Å². The van der Waals surface area contributed by atoms with Gasteiger partial charge in [-0.3, -0.25) is 0 Å². The molecule has 4 heteroatoms. The molecule has 0 aliphatic carbocycles. The fourth-order valence-electron chi connectivity index (χ4n) is 1.86. The maximum absolute atomic E-state index is 6.22. The van der Waals surface area contributed by atoms with Gasteiger partial charge in [-0.05, 0) is 12.0 Å². The van der Waals surface area contributed by atoms with Crippen molar-refractivity contribution in [3.8, 4) is 11.1 Å². The molecule has 18 heavy (non-hydrogen) atoms. The summed E-state index contributed by atoms with van der Waals surface area (Å²) < 4.78 is 5.39. The highest BCUT2D eigenvalue weighted by Gasteiger charge is 2.24. The van der Waals surface area contributed by atoms with Crippen LogP contribution in [0.4, 0.5) is 5.82 Å². The number of nitrogens with zero attached hydrogens (tertiary/aromatic N) is 1. The van der Waals surface area contributed by atoms with Gasteiger partial charge in [-0.25, -0.2) is 0 Å². The number of nitrogen functional groups attached to an aromatic ring is 1. The fourth-order valence-corrected chi connectivity index (χ4v) is 2.09. The Bertz CT molecular complexity index is 548. The van der Waals surface area contributed by atoms with Gasteiger partial charge in [0.05, 0.1) is 5.56 Å². The number of anilines is 1. The normalized spacial score (nSPS) is 12.9. The molecule has 1 atom stereocenters. The molecule has 0 amide bonds. The van der Waals surface area contributed by atoms with E-state index in [1.165, 1.54) is 0 Å². The van der Waals surface area contributed by atoms with Gasteiger partial charge in [0.2, 0.25) is 0 Å². The summed E-state index contributed by atoms with van der Waals surface area (Å²) >= 11 is 6.22. The molecule has 96 valence electrons. The Morgan fingerprint density at radius 1 is 1.22 bits per heavy atom. The lowest BCUT2D eigenvalue weighted by Gasteiger charge is -2.14. The van der Waals surface area contributed by atoms with E-state index in [1.54, 1.807) is 0 Å². The van der Waals surface area contributed by atoms with E-state index in [0.717, 1.165) is 16.9 Å². The molecule has 0 saturated heterocycles. The standard InChI is InChI=1S/C14H17ClN2O/c1-8(2)9(3)13-12(14(16)17-18-13)10-6-4-5-7-11(10)15/h4-9H,1-3H3,(H2,16,17). The molecule has 0 aliphatic rings. The summed E-state index contributed by atoms with van der Waals surface area (Å²) in [5, 5.41) is 4.54. The Kier molecular flexibility index (Phi) is 3.62. The predicted octanol–water partition coefficient (Wildman–Crippen LogP) is 4.34. The fraction of sp³-hybridized carbons (Fsp3) is 0.357. The highest BCUT2D eigenvalue weighted by atomic mass is 35.5. The second-order valence-corrected chi connectivity index (χ2v) is 5.23. The van der Waals surface area contributed by atoms with Gasteiger partial charge in [0.15, 0.2) is 5.82 Å². The minimum Gasteiger partial charge on any atom is -0.380 e. The first-order valence-electron chi connectivity index (χ1n) is 6.02. The second-order valence-electron chi connectivity index (χ2n) is 4.82. The Hall–Kier alpha value is -1.48. The largest absolute Gasteiger partial charge is 0.380 e. The van der Waals surface area contributed by atoms with Crippen LogP contribution in [0.1, 0.15) is 32.4 Å². The molecule has 0 aliphatic heterocycles. The third kappa shape index (κ3) is 2.23. The van der Waals surface area contributed by atoms with Crippen molar-refractivity contribution >= 4 is 17.4 Å². The Morgan fingerprint density at radius 2 is 1.89 bits per heavy atom. The summed E-state index contributed by atoms with van der Waals surface area (Å²) in [6.45, 7) is 6.38. The molecule has 1 aromatic heterocycles. The highest BCUT2D eigenvalue weighted by Crippen LogP contribution is 2.39. The van der Waals surface area contributed by atoms with Crippen LogP contribution >= 0.6 is 11.6 Å². The van der Waals surface area contributed by atoms with Crippen molar-refractivity contribution in [1.29, 1.82) is 0 Å². The van der Waals surface area contributed by atoms with E-state index in [2.05, 4.69) is 25.9 Å². The van der Waals surface area contributed by atoms with E-state index < -0.39 is 0 Å².